The number of nitrogens with zero attached hydrogens (tertiary/aromatic N) is 2. The van der Waals surface area contributed by atoms with Gasteiger partial charge in [-0.2, -0.15) is 0 Å². The van der Waals surface area contributed by atoms with Crippen molar-refractivity contribution in [3.8, 4) is 0 Å². The zero-order valence-corrected chi connectivity index (χ0v) is 18.1. The molecule has 0 aromatic rings. The number of nitrogens with one attached hydrogen (secondary N) is 3. The molecular formula is C17H29N5O4S2. The minimum absolute atomic E-state index is 0.0532. The number of hydrogen-bond donors (Lipinski definition) is 3. The lowest BCUT2D eigenvalue weighted by molar-refractivity contribution is -0.139. The van der Waals surface area contributed by atoms with Crippen LogP contribution >= 0.6 is 11.9 Å². The second-order valence-corrected chi connectivity index (χ2v) is 11.9. The van der Waals surface area contributed by atoms with E-state index in [1.807, 2.05) is 13.8 Å². The van der Waals surface area contributed by atoms with Crippen LogP contribution in [-0.4, -0.2) is 71.9 Å². The van der Waals surface area contributed by atoms with Gasteiger partial charge in [-0.25, -0.2) is 28.2 Å². The molecule has 4 aliphatic rings. The van der Waals surface area contributed by atoms with Crippen molar-refractivity contribution in [2.75, 3.05) is 13.6 Å². The average molecular weight is 432 g/mol. The molecule has 5 atom stereocenters. The first-order valence-electron chi connectivity index (χ1n) is 9.88. The summed E-state index contributed by atoms with van der Waals surface area (Å²) in [5, 5.41) is -0.529. The van der Waals surface area contributed by atoms with Gasteiger partial charge in [0.2, 0.25) is 15.9 Å². The first-order valence-corrected chi connectivity index (χ1v) is 12.3. The summed E-state index contributed by atoms with van der Waals surface area (Å²) in [4.78, 5) is 31.9. The van der Waals surface area contributed by atoms with Gasteiger partial charge < -0.3 is 4.90 Å². The number of fused-ring (bicyclic) bond motifs is 1. The summed E-state index contributed by atoms with van der Waals surface area (Å²) in [5.74, 6) is -0.696. The molecule has 0 aromatic carbocycles. The molecule has 0 bridgehead atoms. The third kappa shape index (κ3) is 3.67. The predicted molar refractivity (Wildman–Crippen MR) is 107 cm³/mol. The van der Waals surface area contributed by atoms with Crippen LogP contribution in [0.25, 0.3) is 0 Å². The Balaban J connectivity index is 1.50. The number of imide groups is 1. The van der Waals surface area contributed by atoms with E-state index in [1.54, 1.807) is 11.9 Å². The zero-order chi connectivity index (χ0) is 20.3. The Bertz CT molecular complexity index is 772. The summed E-state index contributed by atoms with van der Waals surface area (Å²) in [6.45, 7) is 4.22. The Labute approximate surface area is 170 Å². The van der Waals surface area contributed by atoms with Gasteiger partial charge in [0.05, 0.1) is 16.4 Å². The largest absolute Gasteiger partial charge is 0.326 e. The van der Waals surface area contributed by atoms with Crippen molar-refractivity contribution in [2.24, 2.45) is 5.92 Å². The highest BCUT2D eigenvalue weighted by Crippen LogP contribution is 2.40. The van der Waals surface area contributed by atoms with E-state index in [-0.39, 0.29) is 41.2 Å². The van der Waals surface area contributed by atoms with E-state index in [4.69, 9.17) is 0 Å². The monoisotopic (exact) mass is 431 g/mol. The molecule has 0 spiro atoms. The van der Waals surface area contributed by atoms with Crippen LogP contribution < -0.4 is 15.0 Å². The summed E-state index contributed by atoms with van der Waals surface area (Å²) in [7, 11) is -1.76. The average Bonchev–Trinajstić information content (AvgIpc) is 3.22. The number of hydrazine groups is 1. The molecule has 4 rings (SSSR count). The summed E-state index contributed by atoms with van der Waals surface area (Å²) in [6, 6.07) is -0.378. The van der Waals surface area contributed by atoms with Gasteiger partial charge in [-0.1, -0.05) is 11.9 Å². The number of sulfonamides is 1. The van der Waals surface area contributed by atoms with Crippen molar-refractivity contribution in [1.82, 2.24) is 24.8 Å². The number of hydrogen-bond acceptors (Lipinski definition) is 7. The van der Waals surface area contributed by atoms with Gasteiger partial charge in [0.25, 0.3) is 0 Å². The summed E-state index contributed by atoms with van der Waals surface area (Å²) in [6.07, 6.45) is 2.99. The van der Waals surface area contributed by atoms with Gasteiger partial charge in [0.15, 0.2) is 0 Å². The zero-order valence-electron chi connectivity index (χ0n) is 16.5. The Hall–Kier alpha value is -0.880. The number of carbonyl (C=O) groups excluding carboxylic acids is 2. The van der Waals surface area contributed by atoms with Crippen molar-refractivity contribution in [2.45, 2.75) is 74.1 Å². The molecule has 4 fully saturated rings. The van der Waals surface area contributed by atoms with Gasteiger partial charge in [-0.05, 0) is 46.0 Å². The Kier molecular flexibility index (Phi) is 5.18. The molecule has 28 heavy (non-hydrogen) atoms. The highest BCUT2D eigenvalue weighted by molar-refractivity contribution is 7.98. The van der Waals surface area contributed by atoms with Crippen LogP contribution in [0.15, 0.2) is 0 Å². The summed E-state index contributed by atoms with van der Waals surface area (Å²) < 4.78 is 28.5. The van der Waals surface area contributed by atoms with Gasteiger partial charge in [0, 0.05) is 31.2 Å². The van der Waals surface area contributed by atoms with E-state index < -0.39 is 21.2 Å². The minimum Gasteiger partial charge on any atom is -0.324 e. The van der Waals surface area contributed by atoms with Crippen LogP contribution in [0, 0.1) is 5.92 Å². The highest BCUT2D eigenvalue weighted by atomic mass is 32.2. The van der Waals surface area contributed by atoms with E-state index >= 15 is 0 Å². The maximum Gasteiger partial charge on any atom is 0.326 e. The second kappa shape index (κ2) is 7.12. The smallest absolute Gasteiger partial charge is 0.324 e. The highest BCUT2D eigenvalue weighted by Gasteiger charge is 2.51. The second-order valence-electron chi connectivity index (χ2n) is 8.85. The van der Waals surface area contributed by atoms with E-state index in [0.717, 1.165) is 12.8 Å². The Morgan fingerprint density at radius 3 is 2.61 bits per heavy atom. The fraction of sp³-hybridized carbons (Fsp3) is 0.882. The fourth-order valence-corrected chi connectivity index (χ4v) is 7.28. The Morgan fingerprint density at radius 1 is 1.29 bits per heavy atom. The number of amides is 3. The van der Waals surface area contributed by atoms with Gasteiger partial charge in [-0.15, -0.1) is 0 Å². The lowest BCUT2D eigenvalue weighted by Gasteiger charge is -2.47. The van der Waals surface area contributed by atoms with Crippen molar-refractivity contribution in [3.05, 3.63) is 0 Å². The fourth-order valence-electron chi connectivity index (χ4n) is 4.41. The minimum atomic E-state index is -3.48. The Morgan fingerprint density at radius 2 is 2.00 bits per heavy atom. The molecule has 2 aliphatic heterocycles. The standard InChI is InChI=1S/C17H29N5O4S2/c1-10-14(27-20-18-10)9-22-15(23)12-8-11(4-5-13(12)21(3)16(22)24)28(25,26)19-17(2)6-7-17/h10-14,18-20H,4-9H2,1-3H3. The van der Waals surface area contributed by atoms with E-state index in [0.29, 0.717) is 19.4 Å². The number of urea groups is 1. The quantitative estimate of drug-likeness (QED) is 0.541. The number of carbonyl (C=O) groups is 2. The normalized spacial score (nSPS) is 37.9. The van der Waals surface area contributed by atoms with Crippen LogP contribution in [0.1, 0.15) is 46.0 Å². The molecule has 158 valence electrons. The number of rotatable bonds is 5. The first-order chi connectivity index (χ1) is 13.1. The molecule has 3 amide bonds. The maximum absolute atomic E-state index is 13.2. The van der Waals surface area contributed by atoms with Crippen molar-refractivity contribution in [3.63, 3.8) is 0 Å². The van der Waals surface area contributed by atoms with Crippen molar-refractivity contribution >= 4 is 33.9 Å². The third-order valence-electron chi connectivity index (χ3n) is 6.62. The summed E-state index contributed by atoms with van der Waals surface area (Å²) >= 11 is 1.47. The third-order valence-corrected chi connectivity index (χ3v) is 9.80. The molecule has 2 saturated heterocycles. The van der Waals surface area contributed by atoms with Gasteiger partial charge >= 0.3 is 6.03 Å². The van der Waals surface area contributed by atoms with E-state index in [2.05, 4.69) is 15.0 Å². The molecule has 3 N–H and O–H groups in total. The molecule has 2 heterocycles. The van der Waals surface area contributed by atoms with Crippen LogP contribution in [0.3, 0.4) is 0 Å². The molecule has 2 aliphatic carbocycles. The molecule has 11 heteroatoms. The SMILES string of the molecule is CC1NNSC1CN1C(=O)C2CC(S(=O)(=O)NC3(C)CC3)CCC2N(C)C1=O. The summed E-state index contributed by atoms with van der Waals surface area (Å²) in [5.41, 5.74) is 2.75. The maximum atomic E-state index is 13.2. The van der Waals surface area contributed by atoms with Crippen LogP contribution in [0.2, 0.25) is 0 Å². The molecule has 9 nitrogen and oxygen atoms in total. The van der Waals surface area contributed by atoms with Gasteiger partial charge in [0.1, 0.15) is 0 Å². The topological polar surface area (TPSA) is 111 Å². The van der Waals surface area contributed by atoms with Crippen molar-refractivity contribution in [1.29, 1.82) is 0 Å². The lowest BCUT2D eigenvalue weighted by Crippen LogP contribution is -2.64. The van der Waals surface area contributed by atoms with Crippen LogP contribution in [0.5, 0.6) is 0 Å². The predicted octanol–water partition coefficient (Wildman–Crippen LogP) is 0.403. The molecule has 0 radical (unpaired) electrons. The van der Waals surface area contributed by atoms with Crippen LogP contribution in [0.4, 0.5) is 4.79 Å². The molecular weight excluding hydrogens is 402 g/mol. The molecule has 5 unspecified atom stereocenters. The van der Waals surface area contributed by atoms with E-state index in [1.165, 1.54) is 16.8 Å². The first kappa shape index (κ1) is 20.4. The van der Waals surface area contributed by atoms with Gasteiger partial charge in [-0.3, -0.25) is 9.69 Å². The van der Waals surface area contributed by atoms with Crippen molar-refractivity contribution < 1.29 is 18.0 Å². The van der Waals surface area contributed by atoms with E-state index in [9.17, 15) is 18.0 Å². The van der Waals surface area contributed by atoms with Crippen LogP contribution in [-0.2, 0) is 14.8 Å². The lowest BCUT2D eigenvalue weighted by atomic mass is 9.81. The molecule has 0 aromatic heterocycles. The molecule has 2 saturated carbocycles.